The first-order chi connectivity index (χ1) is 12.5. The van der Waals surface area contributed by atoms with Crippen LogP contribution in [0.4, 0.5) is 5.69 Å². The Morgan fingerprint density at radius 3 is 2.69 bits per heavy atom. The highest BCUT2D eigenvalue weighted by Gasteiger charge is 2.15. The summed E-state index contributed by atoms with van der Waals surface area (Å²) in [5, 5.41) is 13.3. The van der Waals surface area contributed by atoms with E-state index in [0.29, 0.717) is 13.0 Å². The van der Waals surface area contributed by atoms with Crippen molar-refractivity contribution in [3.05, 3.63) is 64.5 Å². The van der Waals surface area contributed by atoms with Crippen molar-refractivity contribution >= 4 is 34.4 Å². The zero-order valence-electron chi connectivity index (χ0n) is 14.1. The van der Waals surface area contributed by atoms with Crippen LogP contribution in [0.15, 0.2) is 53.4 Å². The van der Waals surface area contributed by atoms with Crippen molar-refractivity contribution in [2.45, 2.75) is 23.5 Å². The lowest BCUT2D eigenvalue weighted by Gasteiger charge is -2.11. The molecule has 1 heterocycles. The second-order valence-electron chi connectivity index (χ2n) is 5.75. The maximum atomic E-state index is 12.2. The summed E-state index contributed by atoms with van der Waals surface area (Å²) in [7, 11) is 0. The summed E-state index contributed by atoms with van der Waals surface area (Å²) >= 11 is 1.36. The van der Waals surface area contributed by atoms with Crippen molar-refractivity contribution in [3.63, 3.8) is 0 Å². The molecule has 2 N–H and O–H groups in total. The van der Waals surface area contributed by atoms with Crippen LogP contribution in [0.3, 0.4) is 0 Å². The lowest BCUT2D eigenvalue weighted by molar-refractivity contribution is -0.384. The number of para-hydroxylation sites is 2. The predicted molar refractivity (Wildman–Crippen MR) is 101 cm³/mol. The molecule has 134 valence electrons. The maximum Gasteiger partial charge on any atom is 0.269 e. The van der Waals surface area contributed by atoms with E-state index in [4.69, 9.17) is 0 Å². The Bertz CT molecular complexity index is 891. The lowest BCUT2D eigenvalue weighted by atomic mass is 10.3. The molecule has 0 fully saturated rings. The van der Waals surface area contributed by atoms with Gasteiger partial charge in [0.15, 0.2) is 0 Å². The molecule has 0 bridgehead atoms. The van der Waals surface area contributed by atoms with Gasteiger partial charge in [0.05, 0.1) is 21.2 Å². The van der Waals surface area contributed by atoms with Crippen molar-refractivity contribution in [2.75, 3.05) is 6.54 Å². The monoisotopic (exact) mass is 370 g/mol. The number of imidazole rings is 1. The van der Waals surface area contributed by atoms with Crippen LogP contribution in [-0.4, -0.2) is 32.6 Å². The molecule has 0 aliphatic rings. The van der Waals surface area contributed by atoms with Gasteiger partial charge in [0.25, 0.3) is 5.69 Å². The van der Waals surface area contributed by atoms with Gasteiger partial charge >= 0.3 is 0 Å². The molecule has 1 atom stereocenters. The number of H-pyrrole nitrogens is 1. The molecule has 2 aromatic carbocycles. The van der Waals surface area contributed by atoms with Crippen molar-refractivity contribution in [3.8, 4) is 0 Å². The van der Waals surface area contributed by atoms with E-state index in [1.54, 1.807) is 12.1 Å². The second kappa shape index (κ2) is 8.01. The summed E-state index contributed by atoms with van der Waals surface area (Å²) in [6.07, 6.45) is 0.620. The van der Waals surface area contributed by atoms with Crippen LogP contribution in [0.5, 0.6) is 0 Å². The number of non-ortho nitro benzene ring substituents is 1. The van der Waals surface area contributed by atoms with Crippen LogP contribution >= 0.6 is 11.8 Å². The SMILES string of the molecule is CC(Sc1ccc([N+](=O)[O-])cc1)C(=O)NCCc1nc2ccccc2[nH]1. The third-order valence-electron chi connectivity index (χ3n) is 3.83. The van der Waals surface area contributed by atoms with E-state index in [9.17, 15) is 14.9 Å². The number of aromatic amines is 1. The van der Waals surface area contributed by atoms with E-state index < -0.39 is 4.92 Å². The molecule has 0 spiro atoms. The number of carbonyl (C=O) groups is 1. The standard InChI is InChI=1S/C18H18N4O3S/c1-12(26-14-8-6-13(7-9-14)22(24)25)18(23)19-11-10-17-20-15-4-2-3-5-16(15)21-17/h2-9,12H,10-11H2,1H3,(H,19,23)(H,20,21). The van der Waals surface area contributed by atoms with Crippen LogP contribution in [-0.2, 0) is 11.2 Å². The minimum Gasteiger partial charge on any atom is -0.355 e. The number of nitrogens with zero attached hydrogens (tertiary/aromatic N) is 2. The molecule has 26 heavy (non-hydrogen) atoms. The highest BCUT2D eigenvalue weighted by Crippen LogP contribution is 2.25. The van der Waals surface area contributed by atoms with Gasteiger partial charge in [-0.05, 0) is 31.2 Å². The van der Waals surface area contributed by atoms with Gasteiger partial charge in [-0.2, -0.15) is 0 Å². The van der Waals surface area contributed by atoms with Gasteiger partial charge in [-0.3, -0.25) is 14.9 Å². The molecular formula is C18H18N4O3S. The van der Waals surface area contributed by atoms with Gasteiger partial charge in [0, 0.05) is 30.0 Å². The molecule has 0 aliphatic heterocycles. The summed E-state index contributed by atoms with van der Waals surface area (Å²) in [6, 6.07) is 14.0. The minimum absolute atomic E-state index is 0.0392. The van der Waals surface area contributed by atoms with Crippen LogP contribution in [0.1, 0.15) is 12.7 Å². The summed E-state index contributed by atoms with van der Waals surface area (Å²) < 4.78 is 0. The van der Waals surface area contributed by atoms with E-state index in [2.05, 4.69) is 15.3 Å². The van der Waals surface area contributed by atoms with E-state index in [1.807, 2.05) is 31.2 Å². The van der Waals surface area contributed by atoms with E-state index in [-0.39, 0.29) is 16.8 Å². The van der Waals surface area contributed by atoms with Crippen molar-refractivity contribution in [1.29, 1.82) is 0 Å². The smallest absolute Gasteiger partial charge is 0.269 e. The fourth-order valence-electron chi connectivity index (χ4n) is 2.48. The first-order valence-electron chi connectivity index (χ1n) is 8.15. The summed E-state index contributed by atoms with van der Waals surface area (Å²) in [6.45, 7) is 2.30. The van der Waals surface area contributed by atoms with Gasteiger partial charge in [0.1, 0.15) is 5.82 Å². The number of fused-ring (bicyclic) bond motifs is 1. The molecule has 3 aromatic rings. The highest BCUT2D eigenvalue weighted by molar-refractivity contribution is 8.00. The van der Waals surface area contributed by atoms with E-state index >= 15 is 0 Å². The molecule has 1 amide bonds. The third kappa shape index (κ3) is 4.40. The van der Waals surface area contributed by atoms with E-state index in [1.165, 1.54) is 23.9 Å². The Balaban J connectivity index is 1.48. The summed E-state index contributed by atoms with van der Waals surface area (Å²) in [4.78, 5) is 31.0. The first-order valence-corrected chi connectivity index (χ1v) is 9.03. The molecule has 3 rings (SSSR count). The van der Waals surface area contributed by atoms with Crippen LogP contribution in [0.25, 0.3) is 11.0 Å². The molecule has 7 nitrogen and oxygen atoms in total. The second-order valence-corrected chi connectivity index (χ2v) is 7.17. The van der Waals surface area contributed by atoms with Crippen LogP contribution < -0.4 is 5.32 Å². The molecule has 8 heteroatoms. The molecule has 0 radical (unpaired) electrons. The largest absolute Gasteiger partial charge is 0.355 e. The molecule has 0 aliphatic carbocycles. The number of thioether (sulfide) groups is 1. The van der Waals surface area contributed by atoms with Gasteiger partial charge in [-0.25, -0.2) is 4.98 Å². The minimum atomic E-state index is -0.442. The number of nitro benzene ring substituents is 1. The molecular weight excluding hydrogens is 352 g/mol. The lowest BCUT2D eigenvalue weighted by Crippen LogP contribution is -2.32. The fourth-order valence-corrected chi connectivity index (χ4v) is 3.37. The summed E-state index contributed by atoms with van der Waals surface area (Å²) in [5.74, 6) is 0.756. The Hall–Kier alpha value is -2.87. The predicted octanol–water partition coefficient (Wildman–Crippen LogP) is 3.31. The Kier molecular flexibility index (Phi) is 5.52. The van der Waals surface area contributed by atoms with Crippen molar-refractivity contribution < 1.29 is 9.72 Å². The third-order valence-corrected chi connectivity index (χ3v) is 4.94. The van der Waals surface area contributed by atoms with E-state index in [0.717, 1.165) is 21.8 Å². The number of aromatic nitrogens is 2. The quantitative estimate of drug-likeness (QED) is 0.377. The number of nitrogens with one attached hydrogen (secondary N) is 2. The molecule has 1 unspecified atom stereocenters. The highest BCUT2D eigenvalue weighted by atomic mass is 32.2. The number of hydrogen-bond acceptors (Lipinski definition) is 5. The molecule has 1 aromatic heterocycles. The maximum absolute atomic E-state index is 12.2. The topological polar surface area (TPSA) is 101 Å². The van der Waals surface area contributed by atoms with Crippen molar-refractivity contribution in [1.82, 2.24) is 15.3 Å². The fraction of sp³-hybridized carbons (Fsp3) is 0.222. The zero-order valence-corrected chi connectivity index (χ0v) is 15.0. The van der Waals surface area contributed by atoms with Crippen LogP contribution in [0, 0.1) is 10.1 Å². The number of carbonyl (C=O) groups excluding carboxylic acids is 1. The van der Waals surface area contributed by atoms with Gasteiger partial charge in [-0.1, -0.05) is 12.1 Å². The summed E-state index contributed by atoms with van der Waals surface area (Å²) in [5.41, 5.74) is 1.93. The number of nitro groups is 1. The average molecular weight is 370 g/mol. The number of hydrogen-bond donors (Lipinski definition) is 2. The van der Waals surface area contributed by atoms with Crippen molar-refractivity contribution in [2.24, 2.45) is 0 Å². The van der Waals surface area contributed by atoms with Gasteiger partial charge < -0.3 is 10.3 Å². The normalized spacial score (nSPS) is 12.0. The zero-order chi connectivity index (χ0) is 18.5. The first kappa shape index (κ1) is 17.9. The Labute approximate surface area is 154 Å². The molecule has 0 saturated carbocycles. The Morgan fingerprint density at radius 1 is 1.27 bits per heavy atom. The number of amides is 1. The number of rotatable bonds is 7. The van der Waals surface area contributed by atoms with Gasteiger partial charge in [0.2, 0.25) is 5.91 Å². The van der Waals surface area contributed by atoms with Crippen LogP contribution in [0.2, 0.25) is 0 Å². The number of benzene rings is 2. The average Bonchev–Trinajstić information content (AvgIpc) is 3.04. The van der Waals surface area contributed by atoms with Gasteiger partial charge in [-0.15, -0.1) is 11.8 Å². The Morgan fingerprint density at radius 2 is 2.00 bits per heavy atom. The molecule has 0 saturated heterocycles.